The molecule has 1 aliphatic heterocycles. The molecule has 0 radical (unpaired) electrons. The number of carbonyl (C=O) groups is 2. The van der Waals surface area contributed by atoms with Crippen molar-refractivity contribution in [3.63, 3.8) is 0 Å². The summed E-state index contributed by atoms with van der Waals surface area (Å²) in [6.07, 6.45) is 3.19. The zero-order valence-electron chi connectivity index (χ0n) is 23.9. The second-order valence-electron chi connectivity index (χ2n) is 13.0. The van der Waals surface area contributed by atoms with Crippen molar-refractivity contribution in [2.45, 2.75) is 66.2 Å². The van der Waals surface area contributed by atoms with E-state index < -0.39 is 0 Å². The summed E-state index contributed by atoms with van der Waals surface area (Å²) in [6, 6.07) is 13.6. The monoisotopic (exact) mass is 576 g/mol. The normalized spacial score (nSPS) is 30.8. The Hall–Kier alpha value is -2.56. The van der Waals surface area contributed by atoms with Gasteiger partial charge in [-0.1, -0.05) is 62.2 Å². The lowest BCUT2D eigenvalue weighted by Crippen LogP contribution is -2.43. The van der Waals surface area contributed by atoms with Crippen LogP contribution in [0, 0.1) is 41.9 Å². The minimum Gasteiger partial charge on any atom is -0.362 e. The molecule has 2 aromatic carbocycles. The molecule has 2 aromatic rings. The van der Waals surface area contributed by atoms with Crippen molar-refractivity contribution < 1.29 is 9.59 Å². The Bertz CT molecular complexity index is 1470. The van der Waals surface area contributed by atoms with E-state index >= 15 is 0 Å². The number of carbonyl (C=O) groups excluding carboxylic acids is 2. The lowest BCUT2D eigenvalue weighted by molar-refractivity contribution is -0.117. The van der Waals surface area contributed by atoms with Gasteiger partial charge in [0.25, 0.3) is 5.91 Å². The van der Waals surface area contributed by atoms with Gasteiger partial charge in [-0.05, 0) is 104 Å². The second kappa shape index (κ2) is 10.1. The number of hydrogen-bond donors (Lipinski definition) is 2. The molecule has 3 aliphatic carbocycles. The largest absolute Gasteiger partial charge is 0.362 e. The van der Waals surface area contributed by atoms with Crippen LogP contribution in [0.1, 0.15) is 70.4 Å². The van der Waals surface area contributed by atoms with Gasteiger partial charge >= 0.3 is 0 Å². The fraction of sp³-hybridized carbons (Fsp3) is 0.471. The van der Waals surface area contributed by atoms with Gasteiger partial charge in [-0.3, -0.25) is 9.59 Å². The van der Waals surface area contributed by atoms with Crippen LogP contribution in [-0.4, -0.2) is 11.7 Å². The summed E-state index contributed by atoms with van der Waals surface area (Å²) < 4.78 is 0. The molecule has 2 N–H and O–H groups in total. The summed E-state index contributed by atoms with van der Waals surface area (Å²) in [4.78, 5) is 27.8. The molecule has 210 valence electrons. The molecule has 6 rings (SSSR count). The number of benzene rings is 2. The van der Waals surface area contributed by atoms with Crippen molar-refractivity contribution in [3.8, 4) is 0 Å². The lowest BCUT2D eigenvalue weighted by atomic mass is 9.62. The summed E-state index contributed by atoms with van der Waals surface area (Å²) in [5.74, 6) is 1.36. The molecule has 6 unspecified atom stereocenters. The number of fused-ring (bicyclic) bond motifs is 1. The van der Waals surface area contributed by atoms with Crippen LogP contribution in [0.3, 0.4) is 0 Å². The molecule has 40 heavy (non-hydrogen) atoms. The third-order valence-corrected chi connectivity index (χ3v) is 10.9. The number of Topliss-reactive ketones (excluding diaryl/α,β-unsaturated/α-hetero) is 1. The SMILES string of the molecule is CC1=C(C(=O)Nc2ccccc2C)C(C2C(C)CC(c3cc(Cl)ccc3Cl)C3C2C3(C)C)C2=C(CCCC2=O)N1. The summed E-state index contributed by atoms with van der Waals surface area (Å²) in [5.41, 5.74) is 6.46. The molecule has 0 aromatic heterocycles. The number of amides is 1. The van der Waals surface area contributed by atoms with Crippen molar-refractivity contribution in [2.24, 2.45) is 35.0 Å². The first-order valence-electron chi connectivity index (χ1n) is 14.6. The average molecular weight is 578 g/mol. The number of aryl methyl sites for hydroxylation is 1. The second-order valence-corrected chi connectivity index (χ2v) is 13.9. The maximum atomic E-state index is 14.1. The third kappa shape index (κ3) is 4.43. The van der Waals surface area contributed by atoms with E-state index in [1.54, 1.807) is 0 Å². The van der Waals surface area contributed by atoms with Crippen molar-refractivity contribution >= 4 is 40.6 Å². The first-order valence-corrected chi connectivity index (χ1v) is 15.3. The highest BCUT2D eigenvalue weighted by Gasteiger charge is 2.69. The molecule has 1 amide bonds. The van der Waals surface area contributed by atoms with E-state index in [4.69, 9.17) is 23.2 Å². The maximum absolute atomic E-state index is 14.1. The quantitative estimate of drug-likeness (QED) is 0.383. The molecular formula is C34H38Cl2N2O2. The van der Waals surface area contributed by atoms with Gasteiger partial charge < -0.3 is 10.6 Å². The van der Waals surface area contributed by atoms with E-state index in [2.05, 4.69) is 31.4 Å². The number of hydrogen-bond acceptors (Lipinski definition) is 3. The predicted molar refractivity (Wildman–Crippen MR) is 162 cm³/mol. The number of para-hydroxylation sites is 1. The van der Waals surface area contributed by atoms with Gasteiger partial charge in [-0.15, -0.1) is 0 Å². The lowest BCUT2D eigenvalue weighted by Gasteiger charge is -2.44. The Balaban J connectivity index is 1.43. The molecule has 6 heteroatoms. The van der Waals surface area contributed by atoms with Crippen LogP contribution in [0.2, 0.25) is 10.0 Å². The molecule has 2 fully saturated rings. The van der Waals surface area contributed by atoms with Crippen molar-refractivity contribution in [1.29, 1.82) is 0 Å². The van der Waals surface area contributed by atoms with Crippen LogP contribution in [0.4, 0.5) is 5.69 Å². The molecular weight excluding hydrogens is 539 g/mol. The fourth-order valence-electron chi connectivity index (χ4n) is 8.56. The smallest absolute Gasteiger partial charge is 0.253 e. The molecule has 4 nitrogen and oxygen atoms in total. The van der Waals surface area contributed by atoms with E-state index in [0.29, 0.717) is 29.2 Å². The van der Waals surface area contributed by atoms with Crippen LogP contribution in [0.5, 0.6) is 0 Å². The minimum absolute atomic E-state index is 0.0561. The first kappa shape index (κ1) is 27.6. The van der Waals surface area contributed by atoms with Crippen molar-refractivity contribution in [2.75, 3.05) is 5.32 Å². The van der Waals surface area contributed by atoms with Crippen LogP contribution in [0.15, 0.2) is 65.0 Å². The van der Waals surface area contributed by atoms with Gasteiger partial charge in [0.15, 0.2) is 5.78 Å². The summed E-state index contributed by atoms with van der Waals surface area (Å²) in [5, 5.41) is 8.18. The van der Waals surface area contributed by atoms with Gasteiger partial charge in [0.2, 0.25) is 0 Å². The number of allylic oxidation sites excluding steroid dienone is 3. The molecule has 0 spiro atoms. The number of nitrogens with one attached hydrogen (secondary N) is 2. The van der Waals surface area contributed by atoms with Crippen LogP contribution < -0.4 is 10.6 Å². The summed E-state index contributed by atoms with van der Waals surface area (Å²) in [6.45, 7) is 11.0. The average Bonchev–Trinajstić information content (AvgIpc) is 3.47. The molecule has 1 heterocycles. The molecule has 4 aliphatic rings. The Kier molecular flexibility index (Phi) is 6.94. The zero-order chi connectivity index (χ0) is 28.5. The molecule has 6 atom stereocenters. The van der Waals surface area contributed by atoms with Gasteiger partial charge in [-0.25, -0.2) is 0 Å². The number of ketones is 1. The van der Waals surface area contributed by atoms with Gasteiger partial charge in [0.05, 0.1) is 0 Å². The van der Waals surface area contributed by atoms with E-state index in [1.165, 1.54) is 0 Å². The van der Waals surface area contributed by atoms with Gasteiger partial charge in [-0.2, -0.15) is 0 Å². The Morgan fingerprint density at radius 2 is 1.80 bits per heavy atom. The minimum atomic E-state index is -0.229. The Labute approximate surface area is 247 Å². The summed E-state index contributed by atoms with van der Waals surface area (Å²) in [7, 11) is 0. The van der Waals surface area contributed by atoms with Crippen LogP contribution in [-0.2, 0) is 9.59 Å². The zero-order valence-corrected chi connectivity index (χ0v) is 25.4. The fourth-order valence-corrected chi connectivity index (χ4v) is 9.00. The van der Waals surface area contributed by atoms with Crippen molar-refractivity contribution in [1.82, 2.24) is 5.32 Å². The molecule has 2 saturated carbocycles. The highest BCUT2D eigenvalue weighted by Crippen LogP contribution is 2.74. The number of halogens is 2. The summed E-state index contributed by atoms with van der Waals surface area (Å²) >= 11 is 13.2. The Morgan fingerprint density at radius 1 is 1.05 bits per heavy atom. The predicted octanol–water partition coefficient (Wildman–Crippen LogP) is 8.45. The van der Waals surface area contributed by atoms with E-state index in [9.17, 15) is 9.59 Å². The maximum Gasteiger partial charge on any atom is 0.253 e. The van der Waals surface area contributed by atoms with Gasteiger partial charge in [0, 0.05) is 50.6 Å². The number of rotatable bonds is 4. The highest BCUT2D eigenvalue weighted by molar-refractivity contribution is 6.33. The van der Waals surface area contributed by atoms with E-state index in [1.807, 2.05) is 56.3 Å². The standard InChI is InChI=1S/C34H38Cl2N2O2/c1-17-9-6-7-10-24(17)38-33(40)28-19(3)37-25-11-8-12-26(39)29(25)30(28)27-18(2)15-22(31-32(27)34(31,4)5)21-16-20(35)13-14-23(21)36/h6-7,9-10,13-14,16,18,22,27,30-32,37H,8,11-12,15H2,1-5H3,(H,38,40). The van der Waals surface area contributed by atoms with Crippen molar-refractivity contribution in [3.05, 3.63) is 86.2 Å². The van der Waals surface area contributed by atoms with Gasteiger partial charge in [0.1, 0.15) is 0 Å². The first-order chi connectivity index (χ1) is 19.0. The Morgan fingerprint density at radius 3 is 2.55 bits per heavy atom. The molecule has 0 saturated heterocycles. The third-order valence-electron chi connectivity index (χ3n) is 10.3. The molecule has 0 bridgehead atoms. The number of anilines is 1. The van der Waals surface area contributed by atoms with E-state index in [0.717, 1.165) is 63.6 Å². The van der Waals surface area contributed by atoms with Crippen LogP contribution in [0.25, 0.3) is 0 Å². The van der Waals surface area contributed by atoms with Crippen LogP contribution >= 0.6 is 23.2 Å². The topological polar surface area (TPSA) is 58.2 Å². The highest BCUT2D eigenvalue weighted by atomic mass is 35.5. The van der Waals surface area contributed by atoms with E-state index in [-0.39, 0.29) is 34.9 Å². The number of dihydropyridines is 1.